The number of rotatable bonds is 5. The Morgan fingerprint density at radius 2 is 1.96 bits per heavy atom. The predicted octanol–water partition coefficient (Wildman–Crippen LogP) is 3.30. The number of piperidine rings is 1. The number of hydrogen-bond donors (Lipinski definition) is 1. The van der Waals surface area contributed by atoms with E-state index in [0.717, 1.165) is 24.8 Å². The van der Waals surface area contributed by atoms with Gasteiger partial charge < -0.3 is 5.32 Å². The number of anilines is 1. The zero-order chi connectivity index (χ0) is 18.6. The van der Waals surface area contributed by atoms with Crippen molar-refractivity contribution in [1.82, 2.24) is 9.29 Å². The van der Waals surface area contributed by atoms with E-state index >= 15 is 0 Å². The molecule has 7 heteroatoms. The quantitative estimate of drug-likeness (QED) is 0.873. The Morgan fingerprint density at radius 1 is 1.19 bits per heavy atom. The standard InChI is InChI=1S/C19H22N4O2S/c1-15(17-7-5-6-16(12-17)13-20)22-19-9-8-18(14-21-19)26(24,25)23-10-3-2-4-11-23/h5-9,12,14-15H,2-4,10-11H2,1H3,(H,21,22). The maximum absolute atomic E-state index is 12.6. The molecule has 1 aromatic carbocycles. The molecule has 1 aliphatic rings. The Bertz CT molecular complexity index is 898. The van der Waals surface area contributed by atoms with Crippen molar-refractivity contribution in [3.63, 3.8) is 0 Å². The molecule has 1 saturated heterocycles. The molecule has 136 valence electrons. The van der Waals surface area contributed by atoms with Crippen molar-refractivity contribution < 1.29 is 8.42 Å². The number of nitrogens with zero attached hydrogens (tertiary/aromatic N) is 3. The van der Waals surface area contributed by atoms with E-state index in [1.807, 2.05) is 25.1 Å². The maximum atomic E-state index is 12.6. The van der Waals surface area contributed by atoms with E-state index in [0.29, 0.717) is 24.5 Å². The van der Waals surface area contributed by atoms with Crippen LogP contribution in [0.15, 0.2) is 47.5 Å². The van der Waals surface area contributed by atoms with E-state index in [1.165, 1.54) is 10.5 Å². The first-order valence-corrected chi connectivity index (χ1v) is 10.2. The first-order chi connectivity index (χ1) is 12.5. The zero-order valence-corrected chi connectivity index (χ0v) is 15.5. The van der Waals surface area contributed by atoms with Gasteiger partial charge in [0.25, 0.3) is 0 Å². The molecule has 1 unspecified atom stereocenters. The molecule has 6 nitrogen and oxygen atoms in total. The summed E-state index contributed by atoms with van der Waals surface area (Å²) in [5.41, 5.74) is 1.57. The molecule has 1 atom stereocenters. The van der Waals surface area contributed by atoms with Gasteiger partial charge in [0.15, 0.2) is 0 Å². The van der Waals surface area contributed by atoms with Gasteiger partial charge in [0.1, 0.15) is 10.7 Å². The topological polar surface area (TPSA) is 86.1 Å². The molecule has 0 spiro atoms. The van der Waals surface area contributed by atoms with Crippen molar-refractivity contribution in [1.29, 1.82) is 5.26 Å². The molecule has 0 saturated carbocycles. The maximum Gasteiger partial charge on any atom is 0.244 e. The van der Waals surface area contributed by atoms with Gasteiger partial charge in [-0.3, -0.25) is 0 Å². The Hall–Kier alpha value is -2.43. The average Bonchev–Trinajstić information content (AvgIpc) is 2.69. The van der Waals surface area contributed by atoms with Gasteiger partial charge in [0.05, 0.1) is 11.6 Å². The number of nitriles is 1. The predicted molar refractivity (Wildman–Crippen MR) is 100 cm³/mol. The lowest BCUT2D eigenvalue weighted by molar-refractivity contribution is 0.346. The SMILES string of the molecule is CC(Nc1ccc(S(=O)(=O)N2CCCCC2)cn1)c1cccc(C#N)c1. The lowest BCUT2D eigenvalue weighted by atomic mass is 10.1. The molecule has 1 aliphatic heterocycles. The lowest BCUT2D eigenvalue weighted by Crippen LogP contribution is -2.35. The van der Waals surface area contributed by atoms with Gasteiger partial charge >= 0.3 is 0 Å². The van der Waals surface area contributed by atoms with Gasteiger partial charge in [0, 0.05) is 25.3 Å². The number of pyridine rings is 1. The van der Waals surface area contributed by atoms with Gasteiger partial charge in [-0.2, -0.15) is 9.57 Å². The molecule has 0 aliphatic carbocycles. The Kier molecular flexibility index (Phi) is 5.55. The van der Waals surface area contributed by atoms with E-state index < -0.39 is 10.0 Å². The van der Waals surface area contributed by atoms with Gasteiger partial charge in [-0.1, -0.05) is 18.6 Å². The normalized spacial score (nSPS) is 16.6. The molecule has 1 aromatic heterocycles. The average molecular weight is 370 g/mol. The van der Waals surface area contributed by atoms with Crippen LogP contribution in [-0.2, 0) is 10.0 Å². The number of nitrogens with one attached hydrogen (secondary N) is 1. The molecule has 0 radical (unpaired) electrons. The minimum absolute atomic E-state index is 0.0552. The van der Waals surface area contributed by atoms with Crippen LogP contribution in [0.25, 0.3) is 0 Å². The summed E-state index contributed by atoms with van der Waals surface area (Å²) in [5, 5.41) is 12.2. The lowest BCUT2D eigenvalue weighted by Gasteiger charge is -2.25. The van der Waals surface area contributed by atoms with E-state index in [9.17, 15) is 8.42 Å². The summed E-state index contributed by atoms with van der Waals surface area (Å²) in [6.07, 6.45) is 4.31. The molecule has 26 heavy (non-hydrogen) atoms. The van der Waals surface area contributed by atoms with Crippen LogP contribution in [0, 0.1) is 11.3 Å². The van der Waals surface area contributed by atoms with Crippen molar-refractivity contribution in [3.05, 3.63) is 53.7 Å². The summed E-state index contributed by atoms with van der Waals surface area (Å²) in [4.78, 5) is 4.49. The second-order valence-corrected chi connectivity index (χ2v) is 8.39. The molecule has 2 aromatic rings. The fraction of sp³-hybridized carbons (Fsp3) is 0.368. The number of sulfonamides is 1. The van der Waals surface area contributed by atoms with E-state index in [-0.39, 0.29) is 10.9 Å². The van der Waals surface area contributed by atoms with Crippen molar-refractivity contribution in [2.24, 2.45) is 0 Å². The van der Waals surface area contributed by atoms with Gasteiger partial charge in [-0.05, 0) is 49.6 Å². The summed E-state index contributed by atoms with van der Waals surface area (Å²) < 4.78 is 26.8. The van der Waals surface area contributed by atoms with Crippen LogP contribution in [0.2, 0.25) is 0 Å². The van der Waals surface area contributed by atoms with Crippen LogP contribution >= 0.6 is 0 Å². The van der Waals surface area contributed by atoms with Crippen molar-refractivity contribution >= 4 is 15.8 Å². The highest BCUT2D eigenvalue weighted by Crippen LogP contribution is 2.23. The fourth-order valence-electron chi connectivity index (χ4n) is 3.06. The molecule has 0 amide bonds. The first-order valence-electron chi connectivity index (χ1n) is 8.73. The third-order valence-electron chi connectivity index (χ3n) is 4.57. The highest BCUT2D eigenvalue weighted by atomic mass is 32.2. The van der Waals surface area contributed by atoms with Crippen LogP contribution in [0.1, 0.15) is 43.4 Å². The highest BCUT2D eigenvalue weighted by Gasteiger charge is 2.26. The van der Waals surface area contributed by atoms with E-state index in [2.05, 4.69) is 16.4 Å². The first kappa shape index (κ1) is 18.4. The van der Waals surface area contributed by atoms with Crippen molar-refractivity contribution in [2.75, 3.05) is 18.4 Å². The summed E-state index contributed by atoms with van der Waals surface area (Å²) >= 11 is 0. The zero-order valence-electron chi connectivity index (χ0n) is 14.7. The Morgan fingerprint density at radius 3 is 2.62 bits per heavy atom. The van der Waals surface area contributed by atoms with Gasteiger partial charge in [0.2, 0.25) is 10.0 Å². The molecular weight excluding hydrogens is 348 g/mol. The van der Waals surface area contributed by atoms with Crippen molar-refractivity contribution in [3.8, 4) is 6.07 Å². The minimum Gasteiger partial charge on any atom is -0.364 e. The highest BCUT2D eigenvalue weighted by molar-refractivity contribution is 7.89. The number of benzene rings is 1. The molecule has 0 bridgehead atoms. The van der Waals surface area contributed by atoms with Gasteiger partial charge in [-0.25, -0.2) is 13.4 Å². The van der Waals surface area contributed by atoms with Gasteiger partial charge in [-0.15, -0.1) is 0 Å². The Labute approximate surface area is 154 Å². The monoisotopic (exact) mass is 370 g/mol. The summed E-state index contributed by atoms with van der Waals surface area (Å²) in [6, 6.07) is 12.7. The summed E-state index contributed by atoms with van der Waals surface area (Å²) in [5.74, 6) is 0.595. The molecule has 1 fully saturated rings. The third kappa shape index (κ3) is 4.03. The largest absolute Gasteiger partial charge is 0.364 e. The molecular formula is C19H22N4O2S. The third-order valence-corrected chi connectivity index (χ3v) is 6.45. The van der Waals surface area contributed by atoms with Crippen molar-refractivity contribution in [2.45, 2.75) is 37.1 Å². The van der Waals surface area contributed by atoms with Crippen LogP contribution < -0.4 is 5.32 Å². The van der Waals surface area contributed by atoms with Crippen LogP contribution in [0.3, 0.4) is 0 Å². The van der Waals surface area contributed by atoms with Crippen LogP contribution in [0.4, 0.5) is 5.82 Å². The summed E-state index contributed by atoms with van der Waals surface area (Å²) in [6.45, 7) is 3.12. The smallest absolute Gasteiger partial charge is 0.244 e. The number of hydrogen-bond acceptors (Lipinski definition) is 5. The van der Waals surface area contributed by atoms with E-state index in [4.69, 9.17) is 5.26 Å². The second kappa shape index (κ2) is 7.85. The van der Waals surface area contributed by atoms with Crippen LogP contribution in [0.5, 0.6) is 0 Å². The second-order valence-electron chi connectivity index (χ2n) is 6.45. The minimum atomic E-state index is -3.46. The van der Waals surface area contributed by atoms with E-state index in [1.54, 1.807) is 18.2 Å². The molecule has 3 rings (SSSR count). The molecule has 1 N–H and O–H groups in total. The van der Waals surface area contributed by atoms with Crippen LogP contribution in [-0.4, -0.2) is 30.8 Å². The fourth-order valence-corrected chi connectivity index (χ4v) is 4.52. The Balaban J connectivity index is 1.72. The summed E-state index contributed by atoms with van der Waals surface area (Å²) in [7, 11) is -3.46. The molecule has 2 heterocycles. The number of aromatic nitrogens is 1.